The molecule has 0 spiro atoms. The molecule has 0 rings (SSSR count). The molecule has 0 heterocycles. The molecule has 0 aliphatic rings. The summed E-state index contributed by atoms with van der Waals surface area (Å²) in [6.45, 7) is 7.70. The van der Waals surface area contributed by atoms with Crippen LogP contribution in [-0.4, -0.2) is 6.54 Å². The smallest absolute Gasteiger partial charge is 0.0189 e. The van der Waals surface area contributed by atoms with Crippen LogP contribution in [0.2, 0.25) is 0 Å². The van der Waals surface area contributed by atoms with E-state index in [9.17, 15) is 0 Å². The highest BCUT2D eigenvalue weighted by atomic mass is 79.9. The predicted molar refractivity (Wildman–Crippen MR) is 45.4 cm³/mol. The molecule has 2 heteroatoms. The standard InChI is InChI=1S/C7H10BrN/c1-3-4-7(5-9)6(2)8/h3-4H,1-2,5,9H2/b7-4-. The summed E-state index contributed by atoms with van der Waals surface area (Å²) in [4.78, 5) is 0. The zero-order valence-corrected chi connectivity index (χ0v) is 6.82. The molecule has 9 heavy (non-hydrogen) atoms. The van der Waals surface area contributed by atoms with Crippen LogP contribution in [0.4, 0.5) is 0 Å². The molecule has 0 aromatic rings. The normalized spacial score (nSPS) is 11.1. The molecule has 50 valence electrons. The van der Waals surface area contributed by atoms with Gasteiger partial charge in [-0.1, -0.05) is 41.2 Å². The monoisotopic (exact) mass is 187 g/mol. The largest absolute Gasteiger partial charge is 0.326 e. The van der Waals surface area contributed by atoms with Gasteiger partial charge >= 0.3 is 0 Å². The van der Waals surface area contributed by atoms with Gasteiger partial charge in [0, 0.05) is 11.0 Å². The number of hydrogen-bond donors (Lipinski definition) is 1. The Bertz CT molecular complexity index is 147. The van der Waals surface area contributed by atoms with Gasteiger partial charge in [0.05, 0.1) is 0 Å². The van der Waals surface area contributed by atoms with E-state index in [0.717, 1.165) is 10.1 Å². The first-order chi connectivity index (χ1) is 4.22. The maximum absolute atomic E-state index is 5.35. The van der Waals surface area contributed by atoms with Crippen molar-refractivity contribution in [3.8, 4) is 0 Å². The molecule has 1 nitrogen and oxygen atoms in total. The number of halogens is 1. The van der Waals surface area contributed by atoms with E-state index < -0.39 is 0 Å². The van der Waals surface area contributed by atoms with Crippen molar-refractivity contribution in [3.63, 3.8) is 0 Å². The maximum atomic E-state index is 5.35. The van der Waals surface area contributed by atoms with Crippen LogP contribution in [0.5, 0.6) is 0 Å². The highest BCUT2D eigenvalue weighted by molar-refractivity contribution is 9.11. The molecule has 0 aromatic heterocycles. The number of allylic oxidation sites excluding steroid dienone is 2. The van der Waals surface area contributed by atoms with E-state index in [1.54, 1.807) is 6.08 Å². The molecule has 0 atom stereocenters. The van der Waals surface area contributed by atoms with Crippen molar-refractivity contribution in [2.75, 3.05) is 6.54 Å². The van der Waals surface area contributed by atoms with E-state index >= 15 is 0 Å². The highest BCUT2D eigenvalue weighted by Gasteiger charge is 1.91. The fourth-order valence-electron chi connectivity index (χ4n) is 0.411. The summed E-state index contributed by atoms with van der Waals surface area (Å²) in [6, 6.07) is 0. The summed E-state index contributed by atoms with van der Waals surface area (Å²) in [5.74, 6) is 0. The summed E-state index contributed by atoms with van der Waals surface area (Å²) < 4.78 is 0.824. The molecule has 0 amide bonds. The summed E-state index contributed by atoms with van der Waals surface area (Å²) >= 11 is 3.21. The van der Waals surface area contributed by atoms with Crippen LogP contribution in [0.1, 0.15) is 0 Å². The molecule has 0 aromatic carbocycles. The van der Waals surface area contributed by atoms with Crippen molar-refractivity contribution >= 4 is 15.9 Å². The van der Waals surface area contributed by atoms with E-state index in [0.29, 0.717) is 6.54 Å². The quantitative estimate of drug-likeness (QED) is 0.673. The Hall–Kier alpha value is -0.340. The fourth-order valence-corrected chi connectivity index (χ4v) is 0.706. The average Bonchev–Trinajstić information content (AvgIpc) is 1.82. The van der Waals surface area contributed by atoms with Gasteiger partial charge in [0.2, 0.25) is 0 Å². The Kier molecular flexibility index (Phi) is 4.36. The summed E-state index contributed by atoms with van der Waals surface area (Å²) in [7, 11) is 0. The average molecular weight is 188 g/mol. The minimum atomic E-state index is 0.496. The lowest BCUT2D eigenvalue weighted by atomic mass is 10.2. The Morgan fingerprint density at radius 1 is 1.67 bits per heavy atom. The van der Waals surface area contributed by atoms with E-state index in [1.165, 1.54) is 0 Å². The van der Waals surface area contributed by atoms with Gasteiger partial charge in [-0.2, -0.15) is 0 Å². The molecular formula is C7H10BrN. The van der Waals surface area contributed by atoms with Gasteiger partial charge in [-0.25, -0.2) is 0 Å². The van der Waals surface area contributed by atoms with E-state index in [-0.39, 0.29) is 0 Å². The Labute approximate surface area is 64.1 Å². The molecule has 0 unspecified atom stereocenters. The SMILES string of the molecule is C=C/C=C(/CN)C(=C)Br. The number of nitrogens with two attached hydrogens (primary N) is 1. The third-order valence-corrected chi connectivity index (χ3v) is 1.40. The Balaban J connectivity index is 4.14. The lowest BCUT2D eigenvalue weighted by molar-refractivity contribution is 1.18. The van der Waals surface area contributed by atoms with Crippen LogP contribution < -0.4 is 5.73 Å². The summed E-state index contributed by atoms with van der Waals surface area (Å²) in [6.07, 6.45) is 3.52. The van der Waals surface area contributed by atoms with Crippen LogP contribution >= 0.6 is 15.9 Å². The first kappa shape index (κ1) is 8.66. The van der Waals surface area contributed by atoms with Gasteiger partial charge in [0.1, 0.15) is 0 Å². The van der Waals surface area contributed by atoms with Crippen LogP contribution in [0, 0.1) is 0 Å². The molecule has 0 bridgehead atoms. The van der Waals surface area contributed by atoms with Crippen molar-refractivity contribution < 1.29 is 0 Å². The zero-order valence-electron chi connectivity index (χ0n) is 5.23. The number of rotatable bonds is 3. The van der Waals surface area contributed by atoms with Crippen LogP contribution in [-0.2, 0) is 0 Å². The molecule has 0 saturated carbocycles. The topological polar surface area (TPSA) is 26.0 Å². The third-order valence-electron chi connectivity index (χ3n) is 0.887. The molecule has 0 aliphatic carbocycles. The van der Waals surface area contributed by atoms with Gasteiger partial charge in [0.25, 0.3) is 0 Å². The molecular weight excluding hydrogens is 178 g/mol. The molecule has 0 aliphatic heterocycles. The van der Waals surface area contributed by atoms with Crippen molar-refractivity contribution in [1.82, 2.24) is 0 Å². The van der Waals surface area contributed by atoms with Gasteiger partial charge < -0.3 is 5.73 Å². The maximum Gasteiger partial charge on any atom is 0.0189 e. The highest BCUT2D eigenvalue weighted by Crippen LogP contribution is 2.12. The van der Waals surface area contributed by atoms with E-state index in [1.807, 2.05) is 6.08 Å². The van der Waals surface area contributed by atoms with Gasteiger partial charge in [-0.15, -0.1) is 0 Å². The van der Waals surface area contributed by atoms with Crippen LogP contribution in [0.15, 0.2) is 35.4 Å². The Morgan fingerprint density at radius 3 is 2.33 bits per heavy atom. The molecule has 2 N–H and O–H groups in total. The molecule has 0 fully saturated rings. The zero-order chi connectivity index (χ0) is 7.28. The second kappa shape index (κ2) is 4.53. The van der Waals surface area contributed by atoms with Crippen molar-refractivity contribution in [2.24, 2.45) is 5.73 Å². The fraction of sp³-hybridized carbons (Fsp3) is 0.143. The summed E-state index contributed by atoms with van der Waals surface area (Å²) in [5, 5.41) is 0. The van der Waals surface area contributed by atoms with Crippen molar-refractivity contribution in [2.45, 2.75) is 0 Å². The minimum absolute atomic E-state index is 0.496. The lowest BCUT2D eigenvalue weighted by Gasteiger charge is -1.97. The predicted octanol–water partition coefficient (Wildman–Crippen LogP) is 1.97. The Morgan fingerprint density at radius 2 is 2.22 bits per heavy atom. The van der Waals surface area contributed by atoms with E-state index in [4.69, 9.17) is 5.73 Å². The molecule has 0 saturated heterocycles. The second-order valence-corrected chi connectivity index (χ2v) is 2.49. The van der Waals surface area contributed by atoms with Gasteiger partial charge in [-0.05, 0) is 5.57 Å². The third kappa shape index (κ3) is 3.27. The van der Waals surface area contributed by atoms with Crippen molar-refractivity contribution in [1.29, 1.82) is 0 Å². The van der Waals surface area contributed by atoms with Crippen molar-refractivity contribution in [3.05, 3.63) is 35.4 Å². The summed E-state index contributed by atoms with van der Waals surface area (Å²) in [5.41, 5.74) is 6.33. The lowest BCUT2D eigenvalue weighted by Crippen LogP contribution is -2.01. The van der Waals surface area contributed by atoms with Gasteiger partial charge in [-0.3, -0.25) is 0 Å². The first-order valence-corrected chi connectivity index (χ1v) is 3.38. The minimum Gasteiger partial charge on any atom is -0.326 e. The van der Waals surface area contributed by atoms with Crippen LogP contribution in [0.25, 0.3) is 0 Å². The van der Waals surface area contributed by atoms with Crippen LogP contribution in [0.3, 0.4) is 0 Å². The number of hydrogen-bond acceptors (Lipinski definition) is 1. The second-order valence-electron chi connectivity index (χ2n) is 1.54. The molecule has 0 radical (unpaired) electrons. The first-order valence-electron chi connectivity index (χ1n) is 2.58. The van der Waals surface area contributed by atoms with Gasteiger partial charge in [0.15, 0.2) is 0 Å². The van der Waals surface area contributed by atoms with E-state index in [2.05, 4.69) is 29.1 Å².